The molecule has 12 nitrogen and oxygen atoms in total. The van der Waals surface area contributed by atoms with E-state index in [0.717, 1.165) is 20.8 Å². The monoisotopic (exact) mass is 572 g/mol. The Balaban J connectivity index is 2.15. The van der Waals surface area contributed by atoms with Gasteiger partial charge in [0.05, 0.1) is 18.2 Å². The maximum atomic E-state index is 12.3. The molecule has 0 aliphatic carbocycles. The van der Waals surface area contributed by atoms with Crippen molar-refractivity contribution in [1.29, 1.82) is 0 Å². The lowest BCUT2D eigenvalue weighted by Gasteiger charge is -2.50. The standard InChI is InChI=1S/C26H33ClO12/c1-14(28)34-13-22-23(35-15(2)29)24(36-16(3)30)25(37-17(4)31)26(32-5,39-22)18-6-7-20(27)21(12-18)38-19-8-10-33-11-9-19/h6-7,12,19,22-25H,8-11,13H2,1-5H3/t22-,23-,24+,25-,26?/m1/s1. The fraction of sp³-hybridized carbons (Fsp3) is 0.615. The summed E-state index contributed by atoms with van der Waals surface area (Å²) in [5, 5.41) is 0.308. The van der Waals surface area contributed by atoms with Crippen molar-refractivity contribution in [2.45, 2.75) is 76.8 Å². The predicted molar refractivity (Wildman–Crippen MR) is 133 cm³/mol. The summed E-state index contributed by atoms with van der Waals surface area (Å²) in [6.07, 6.45) is -4.26. The Morgan fingerprint density at radius 3 is 2.10 bits per heavy atom. The molecule has 1 aromatic rings. The number of carbonyl (C=O) groups excluding carboxylic acids is 4. The molecule has 0 N–H and O–H groups in total. The van der Waals surface area contributed by atoms with Gasteiger partial charge in [0, 0.05) is 53.2 Å². The molecule has 0 saturated carbocycles. The lowest BCUT2D eigenvalue weighted by molar-refractivity contribution is -0.367. The molecule has 39 heavy (non-hydrogen) atoms. The summed E-state index contributed by atoms with van der Waals surface area (Å²) < 4.78 is 45.5. The van der Waals surface area contributed by atoms with E-state index in [1.165, 1.54) is 14.0 Å². The second kappa shape index (κ2) is 13.4. The van der Waals surface area contributed by atoms with Crippen LogP contribution in [-0.2, 0) is 58.1 Å². The second-order valence-electron chi connectivity index (χ2n) is 9.08. The fourth-order valence-corrected chi connectivity index (χ4v) is 4.73. The van der Waals surface area contributed by atoms with E-state index in [0.29, 0.717) is 36.8 Å². The quantitative estimate of drug-likeness (QED) is 0.317. The number of methoxy groups -OCH3 is 1. The highest BCUT2D eigenvalue weighted by Gasteiger charge is 2.61. The number of esters is 4. The molecule has 0 bridgehead atoms. The molecule has 5 atom stereocenters. The van der Waals surface area contributed by atoms with Crippen molar-refractivity contribution in [2.75, 3.05) is 26.9 Å². The summed E-state index contributed by atoms with van der Waals surface area (Å²) in [5.41, 5.74) is 0.286. The summed E-state index contributed by atoms with van der Waals surface area (Å²) in [6.45, 7) is 5.31. The van der Waals surface area contributed by atoms with Crippen LogP contribution in [0.2, 0.25) is 5.02 Å². The van der Waals surface area contributed by atoms with Crippen LogP contribution in [-0.4, -0.2) is 81.3 Å². The normalized spacial score (nSPS) is 27.2. The van der Waals surface area contributed by atoms with Crippen LogP contribution in [0.1, 0.15) is 46.1 Å². The number of hydrogen-bond acceptors (Lipinski definition) is 12. The first-order valence-electron chi connectivity index (χ1n) is 12.4. The van der Waals surface area contributed by atoms with Gasteiger partial charge in [-0.05, 0) is 12.1 Å². The highest BCUT2D eigenvalue weighted by atomic mass is 35.5. The van der Waals surface area contributed by atoms with Gasteiger partial charge in [-0.1, -0.05) is 17.7 Å². The zero-order chi connectivity index (χ0) is 28.7. The molecule has 0 radical (unpaired) electrons. The second-order valence-corrected chi connectivity index (χ2v) is 9.49. The van der Waals surface area contributed by atoms with Crippen LogP contribution < -0.4 is 4.74 Å². The van der Waals surface area contributed by atoms with E-state index in [2.05, 4.69) is 0 Å². The molecule has 1 aromatic carbocycles. The Morgan fingerprint density at radius 2 is 1.54 bits per heavy atom. The van der Waals surface area contributed by atoms with Gasteiger partial charge in [0.1, 0.15) is 24.6 Å². The summed E-state index contributed by atoms with van der Waals surface area (Å²) in [5.74, 6) is -4.51. The van der Waals surface area contributed by atoms with Crippen LogP contribution in [0.3, 0.4) is 0 Å². The van der Waals surface area contributed by atoms with Crippen LogP contribution in [0.5, 0.6) is 5.75 Å². The average Bonchev–Trinajstić information content (AvgIpc) is 2.86. The summed E-state index contributed by atoms with van der Waals surface area (Å²) in [7, 11) is 1.30. The molecule has 1 unspecified atom stereocenters. The van der Waals surface area contributed by atoms with E-state index in [9.17, 15) is 19.2 Å². The first-order chi connectivity index (χ1) is 18.5. The Hall–Kier alpha value is -2.93. The van der Waals surface area contributed by atoms with Gasteiger partial charge in [-0.25, -0.2) is 0 Å². The smallest absolute Gasteiger partial charge is 0.303 e. The van der Waals surface area contributed by atoms with Crippen molar-refractivity contribution in [3.8, 4) is 5.75 Å². The van der Waals surface area contributed by atoms with E-state index in [4.69, 9.17) is 49.5 Å². The van der Waals surface area contributed by atoms with Gasteiger partial charge in [-0.3, -0.25) is 19.2 Å². The summed E-state index contributed by atoms with van der Waals surface area (Å²) in [4.78, 5) is 48.1. The Bertz CT molecular complexity index is 1060. The highest BCUT2D eigenvalue weighted by molar-refractivity contribution is 6.32. The molecule has 0 aromatic heterocycles. The van der Waals surface area contributed by atoms with E-state index in [1.54, 1.807) is 18.2 Å². The van der Waals surface area contributed by atoms with Crippen molar-refractivity contribution >= 4 is 35.5 Å². The lowest BCUT2D eigenvalue weighted by Crippen LogP contribution is -2.67. The minimum absolute atomic E-state index is 0.152. The van der Waals surface area contributed by atoms with Gasteiger partial charge in [-0.15, -0.1) is 0 Å². The maximum absolute atomic E-state index is 12.3. The number of carbonyl (C=O) groups is 4. The van der Waals surface area contributed by atoms with Crippen LogP contribution in [0.25, 0.3) is 0 Å². The highest BCUT2D eigenvalue weighted by Crippen LogP contribution is 2.45. The number of hydrogen-bond donors (Lipinski definition) is 0. The average molecular weight is 573 g/mol. The molecule has 2 aliphatic rings. The Kier molecular flexibility index (Phi) is 10.5. The summed E-state index contributed by atoms with van der Waals surface area (Å²) >= 11 is 6.45. The van der Waals surface area contributed by atoms with Crippen molar-refractivity contribution in [1.82, 2.24) is 0 Å². The van der Waals surface area contributed by atoms with Crippen molar-refractivity contribution in [3.05, 3.63) is 28.8 Å². The van der Waals surface area contributed by atoms with E-state index < -0.39 is 60.7 Å². The minimum atomic E-state index is -1.94. The fourth-order valence-electron chi connectivity index (χ4n) is 4.56. The molecule has 216 valence electrons. The Morgan fingerprint density at radius 1 is 0.923 bits per heavy atom. The van der Waals surface area contributed by atoms with E-state index >= 15 is 0 Å². The minimum Gasteiger partial charge on any atom is -0.489 e. The van der Waals surface area contributed by atoms with Crippen LogP contribution >= 0.6 is 11.6 Å². The predicted octanol–water partition coefficient (Wildman–Crippen LogP) is 2.45. The molecule has 3 rings (SSSR count). The third-order valence-corrected chi connectivity index (χ3v) is 6.45. The van der Waals surface area contributed by atoms with Gasteiger partial charge in [0.15, 0.2) is 12.2 Å². The van der Waals surface area contributed by atoms with E-state index in [-0.39, 0.29) is 11.7 Å². The number of halogens is 1. The molecule has 2 heterocycles. The zero-order valence-electron chi connectivity index (χ0n) is 22.4. The van der Waals surface area contributed by atoms with E-state index in [1.807, 2.05) is 0 Å². The topological polar surface area (TPSA) is 142 Å². The Labute approximate surface area is 231 Å². The van der Waals surface area contributed by atoms with Gasteiger partial charge in [0.2, 0.25) is 11.9 Å². The molecule has 0 spiro atoms. The zero-order valence-corrected chi connectivity index (χ0v) is 23.2. The van der Waals surface area contributed by atoms with Crippen molar-refractivity contribution in [3.63, 3.8) is 0 Å². The van der Waals surface area contributed by atoms with Crippen LogP contribution in [0.15, 0.2) is 18.2 Å². The SMILES string of the molecule is COC1(c2ccc(Cl)c(OC3CCOCC3)c2)O[C@H](COC(C)=O)[C@@H](OC(C)=O)[C@H](OC(C)=O)[C@H]1OC(C)=O. The molecule has 2 aliphatic heterocycles. The van der Waals surface area contributed by atoms with Crippen LogP contribution in [0, 0.1) is 0 Å². The third kappa shape index (κ3) is 7.59. The molecule has 2 fully saturated rings. The summed E-state index contributed by atoms with van der Waals surface area (Å²) in [6, 6.07) is 4.69. The van der Waals surface area contributed by atoms with Gasteiger partial charge in [-0.2, -0.15) is 0 Å². The van der Waals surface area contributed by atoms with Crippen molar-refractivity contribution in [2.24, 2.45) is 0 Å². The first kappa shape index (κ1) is 30.6. The largest absolute Gasteiger partial charge is 0.489 e. The van der Waals surface area contributed by atoms with Crippen molar-refractivity contribution < 1.29 is 57.1 Å². The number of rotatable bonds is 9. The van der Waals surface area contributed by atoms with Gasteiger partial charge < -0.3 is 37.9 Å². The maximum Gasteiger partial charge on any atom is 0.303 e. The third-order valence-electron chi connectivity index (χ3n) is 6.14. The number of benzene rings is 1. The van der Waals surface area contributed by atoms with Gasteiger partial charge >= 0.3 is 23.9 Å². The lowest BCUT2D eigenvalue weighted by atomic mass is 9.87. The van der Waals surface area contributed by atoms with Gasteiger partial charge in [0.25, 0.3) is 0 Å². The molecule has 0 amide bonds. The molecule has 13 heteroatoms. The molecule has 2 saturated heterocycles. The molecular weight excluding hydrogens is 540 g/mol. The van der Waals surface area contributed by atoms with Crippen LogP contribution in [0.4, 0.5) is 0 Å². The first-order valence-corrected chi connectivity index (χ1v) is 12.8. The molecular formula is C26H33ClO12. The number of ether oxygens (including phenoxy) is 8.